The van der Waals surface area contributed by atoms with Crippen LogP contribution in [0.5, 0.6) is 0 Å². The normalized spacial score (nSPS) is 17.1. The van der Waals surface area contributed by atoms with Gasteiger partial charge >= 0.3 is 0 Å². The monoisotopic (exact) mass is 359 g/mol. The number of oxazole rings is 1. The van der Waals surface area contributed by atoms with Crippen LogP contribution in [-0.2, 0) is 4.79 Å². The van der Waals surface area contributed by atoms with Gasteiger partial charge in [-0.25, -0.2) is 14.6 Å². The smallest absolute Gasteiger partial charge is 0.247 e. The first-order valence-corrected chi connectivity index (χ1v) is 8.68. The van der Waals surface area contributed by atoms with Gasteiger partial charge in [-0.3, -0.25) is 4.79 Å². The summed E-state index contributed by atoms with van der Waals surface area (Å²) in [4.78, 5) is 22.9. The fraction of sp³-hybridized carbons (Fsp3) is 0.412. The number of aromatic nitrogens is 4. The third-order valence-electron chi connectivity index (χ3n) is 4.71. The minimum atomic E-state index is -0.342. The molecule has 0 saturated carbocycles. The SMILES string of the molecule is CC(C(=O)N1CCC(c2nc3cc(Cl)ccc3o2)CC1)n1cncn1. The van der Waals surface area contributed by atoms with Crippen molar-refractivity contribution in [1.29, 1.82) is 0 Å². The van der Waals surface area contributed by atoms with Crippen LogP contribution in [0.3, 0.4) is 0 Å². The number of hydrogen-bond acceptors (Lipinski definition) is 5. The zero-order valence-electron chi connectivity index (χ0n) is 13.8. The Kier molecular flexibility index (Phi) is 4.17. The summed E-state index contributed by atoms with van der Waals surface area (Å²) >= 11 is 6.00. The average Bonchev–Trinajstić information content (AvgIpc) is 3.30. The minimum absolute atomic E-state index is 0.0632. The maximum absolute atomic E-state index is 12.6. The van der Waals surface area contributed by atoms with E-state index < -0.39 is 0 Å². The molecule has 1 amide bonds. The van der Waals surface area contributed by atoms with Crippen molar-refractivity contribution in [3.05, 3.63) is 41.8 Å². The molecule has 130 valence electrons. The molecule has 2 aromatic heterocycles. The Balaban J connectivity index is 1.43. The van der Waals surface area contributed by atoms with Crippen molar-refractivity contribution in [2.75, 3.05) is 13.1 Å². The van der Waals surface area contributed by atoms with Crippen LogP contribution in [0.4, 0.5) is 0 Å². The molecule has 1 saturated heterocycles. The van der Waals surface area contributed by atoms with E-state index in [0.29, 0.717) is 18.1 Å². The summed E-state index contributed by atoms with van der Waals surface area (Å²) in [5.74, 6) is 1.01. The van der Waals surface area contributed by atoms with Crippen LogP contribution < -0.4 is 0 Å². The molecule has 25 heavy (non-hydrogen) atoms. The maximum Gasteiger partial charge on any atom is 0.247 e. The highest BCUT2D eigenvalue weighted by atomic mass is 35.5. The van der Waals surface area contributed by atoms with Gasteiger partial charge in [-0.15, -0.1) is 0 Å². The molecule has 0 aliphatic carbocycles. The van der Waals surface area contributed by atoms with Gasteiger partial charge in [0.15, 0.2) is 11.5 Å². The fourth-order valence-corrected chi connectivity index (χ4v) is 3.40. The zero-order valence-corrected chi connectivity index (χ0v) is 14.6. The first-order valence-electron chi connectivity index (χ1n) is 8.30. The zero-order chi connectivity index (χ0) is 17.4. The number of carbonyl (C=O) groups is 1. The van der Waals surface area contributed by atoms with Gasteiger partial charge in [0.2, 0.25) is 5.91 Å². The Morgan fingerprint density at radius 2 is 2.16 bits per heavy atom. The molecule has 0 bridgehead atoms. The first kappa shape index (κ1) is 16.1. The Morgan fingerprint density at radius 1 is 1.36 bits per heavy atom. The van der Waals surface area contributed by atoms with E-state index in [1.54, 1.807) is 17.1 Å². The molecule has 1 fully saturated rings. The molecule has 3 aromatic rings. The Bertz CT molecular complexity index is 884. The maximum atomic E-state index is 12.6. The van der Waals surface area contributed by atoms with E-state index in [2.05, 4.69) is 15.1 Å². The van der Waals surface area contributed by atoms with Crippen LogP contribution in [-0.4, -0.2) is 43.6 Å². The van der Waals surface area contributed by atoms with E-state index in [9.17, 15) is 4.79 Å². The molecule has 1 atom stereocenters. The van der Waals surface area contributed by atoms with Crippen LogP contribution >= 0.6 is 11.6 Å². The quantitative estimate of drug-likeness (QED) is 0.718. The summed E-state index contributed by atoms with van der Waals surface area (Å²) in [6.07, 6.45) is 4.67. The third kappa shape index (κ3) is 3.11. The van der Waals surface area contributed by atoms with Gasteiger partial charge in [-0.1, -0.05) is 11.6 Å². The number of likely N-dealkylation sites (tertiary alicyclic amines) is 1. The molecule has 4 rings (SSSR count). The molecule has 1 aliphatic rings. The van der Waals surface area contributed by atoms with Gasteiger partial charge < -0.3 is 9.32 Å². The fourth-order valence-electron chi connectivity index (χ4n) is 3.23. The topological polar surface area (TPSA) is 77.0 Å². The van der Waals surface area contributed by atoms with E-state index >= 15 is 0 Å². The number of benzene rings is 1. The van der Waals surface area contributed by atoms with Gasteiger partial charge in [0.1, 0.15) is 24.2 Å². The molecular weight excluding hydrogens is 342 g/mol. The molecule has 0 N–H and O–H groups in total. The predicted molar refractivity (Wildman–Crippen MR) is 92.3 cm³/mol. The summed E-state index contributed by atoms with van der Waals surface area (Å²) in [5, 5.41) is 4.70. The standard InChI is InChI=1S/C17H18ClN5O2/c1-11(23-10-19-9-20-23)17(24)22-6-4-12(5-7-22)16-21-14-8-13(18)2-3-15(14)25-16/h2-3,8-12H,4-7H2,1H3. The van der Waals surface area contributed by atoms with E-state index in [0.717, 1.165) is 29.8 Å². The lowest BCUT2D eigenvalue weighted by Gasteiger charge is -2.32. The number of hydrogen-bond donors (Lipinski definition) is 0. The predicted octanol–water partition coefficient (Wildman–Crippen LogP) is 3.04. The lowest BCUT2D eigenvalue weighted by molar-refractivity contribution is -0.135. The van der Waals surface area contributed by atoms with Crippen molar-refractivity contribution in [2.24, 2.45) is 0 Å². The molecule has 7 nitrogen and oxygen atoms in total. The summed E-state index contributed by atoms with van der Waals surface area (Å²) in [6, 6.07) is 5.10. The van der Waals surface area contributed by atoms with Gasteiger partial charge in [-0.05, 0) is 38.0 Å². The molecule has 0 radical (unpaired) electrons. The van der Waals surface area contributed by atoms with Crippen LogP contribution in [0.1, 0.15) is 37.6 Å². The number of piperidine rings is 1. The highest BCUT2D eigenvalue weighted by Crippen LogP contribution is 2.31. The highest BCUT2D eigenvalue weighted by molar-refractivity contribution is 6.31. The largest absolute Gasteiger partial charge is 0.440 e. The number of rotatable bonds is 3. The molecule has 1 unspecified atom stereocenters. The second kappa shape index (κ2) is 6.48. The Labute approximate surface area is 149 Å². The van der Waals surface area contributed by atoms with Crippen molar-refractivity contribution in [1.82, 2.24) is 24.6 Å². The molecule has 3 heterocycles. The molecule has 1 aliphatic heterocycles. The van der Waals surface area contributed by atoms with Crippen LogP contribution in [0.2, 0.25) is 5.02 Å². The summed E-state index contributed by atoms with van der Waals surface area (Å²) in [5.41, 5.74) is 1.53. The number of nitrogens with zero attached hydrogens (tertiary/aromatic N) is 5. The highest BCUT2D eigenvalue weighted by Gasteiger charge is 2.29. The Hall–Kier alpha value is -2.41. The van der Waals surface area contributed by atoms with Crippen LogP contribution in [0.25, 0.3) is 11.1 Å². The van der Waals surface area contributed by atoms with Crippen molar-refractivity contribution in [3.8, 4) is 0 Å². The van der Waals surface area contributed by atoms with Crippen LogP contribution in [0.15, 0.2) is 35.3 Å². The summed E-state index contributed by atoms with van der Waals surface area (Å²) in [7, 11) is 0. The number of amides is 1. The number of halogens is 1. The molecule has 1 aromatic carbocycles. The van der Waals surface area contributed by atoms with Crippen molar-refractivity contribution in [2.45, 2.75) is 31.7 Å². The molecule has 0 spiro atoms. The molecular formula is C17H18ClN5O2. The second-order valence-corrected chi connectivity index (χ2v) is 6.75. The van der Waals surface area contributed by atoms with Crippen LogP contribution in [0, 0.1) is 0 Å². The van der Waals surface area contributed by atoms with Gasteiger partial charge in [0.05, 0.1) is 0 Å². The van der Waals surface area contributed by atoms with Crippen molar-refractivity contribution >= 4 is 28.6 Å². The van der Waals surface area contributed by atoms with E-state index in [-0.39, 0.29) is 17.9 Å². The lowest BCUT2D eigenvalue weighted by Crippen LogP contribution is -2.41. The minimum Gasteiger partial charge on any atom is -0.440 e. The summed E-state index contributed by atoms with van der Waals surface area (Å²) < 4.78 is 7.45. The van der Waals surface area contributed by atoms with Gasteiger partial charge in [0.25, 0.3) is 0 Å². The Morgan fingerprint density at radius 3 is 2.88 bits per heavy atom. The van der Waals surface area contributed by atoms with Crippen molar-refractivity contribution in [3.63, 3.8) is 0 Å². The van der Waals surface area contributed by atoms with Gasteiger partial charge in [0, 0.05) is 24.0 Å². The second-order valence-electron chi connectivity index (χ2n) is 6.32. The lowest BCUT2D eigenvalue weighted by atomic mass is 9.96. The third-order valence-corrected chi connectivity index (χ3v) is 4.95. The number of carbonyl (C=O) groups excluding carboxylic acids is 1. The van der Waals surface area contributed by atoms with E-state index in [1.807, 2.05) is 24.0 Å². The van der Waals surface area contributed by atoms with E-state index in [1.165, 1.54) is 6.33 Å². The van der Waals surface area contributed by atoms with E-state index in [4.69, 9.17) is 16.0 Å². The molecule has 8 heteroatoms. The number of fused-ring (bicyclic) bond motifs is 1. The average molecular weight is 360 g/mol. The summed E-state index contributed by atoms with van der Waals surface area (Å²) in [6.45, 7) is 3.21. The van der Waals surface area contributed by atoms with Gasteiger partial charge in [-0.2, -0.15) is 5.10 Å². The first-order chi connectivity index (χ1) is 12.1. The van der Waals surface area contributed by atoms with Crippen molar-refractivity contribution < 1.29 is 9.21 Å².